The Bertz CT molecular complexity index is 806. The van der Waals surface area contributed by atoms with E-state index >= 15 is 0 Å². The number of benzene rings is 1. The van der Waals surface area contributed by atoms with Crippen LogP contribution in [0.5, 0.6) is 0 Å². The summed E-state index contributed by atoms with van der Waals surface area (Å²) in [5, 5.41) is 4.74. The van der Waals surface area contributed by atoms with E-state index in [1.807, 2.05) is 0 Å². The number of rotatable bonds is 3. The van der Waals surface area contributed by atoms with Crippen LogP contribution in [0.1, 0.15) is 31.7 Å². The van der Waals surface area contributed by atoms with Crippen molar-refractivity contribution in [2.24, 2.45) is 0 Å². The van der Waals surface area contributed by atoms with Crippen LogP contribution in [0, 0.1) is 11.8 Å². The average Bonchev–Trinajstić information content (AvgIpc) is 3.12. The van der Waals surface area contributed by atoms with Crippen LogP contribution in [0.3, 0.4) is 0 Å². The van der Waals surface area contributed by atoms with Crippen LogP contribution in [0.25, 0.3) is 0 Å². The molecule has 0 bridgehead atoms. The van der Waals surface area contributed by atoms with Gasteiger partial charge in [0.2, 0.25) is 5.91 Å². The molecule has 0 spiro atoms. The number of hydrogen-bond donors (Lipinski definition) is 2. The zero-order valence-electron chi connectivity index (χ0n) is 13.7. The van der Waals surface area contributed by atoms with Crippen LogP contribution in [-0.4, -0.2) is 35.7 Å². The van der Waals surface area contributed by atoms with Crippen LogP contribution in [0.15, 0.2) is 24.3 Å². The van der Waals surface area contributed by atoms with Gasteiger partial charge in [0.15, 0.2) is 5.54 Å². The first kappa shape index (κ1) is 16.7. The largest absolute Gasteiger partial charge is 0.323 e. The Morgan fingerprint density at radius 2 is 2.00 bits per heavy atom. The number of aldehydes is 1. The van der Waals surface area contributed by atoms with Gasteiger partial charge in [-0.1, -0.05) is 18.8 Å². The summed E-state index contributed by atoms with van der Waals surface area (Å²) in [6.07, 6.45) is 2.01. The van der Waals surface area contributed by atoms with Crippen molar-refractivity contribution >= 4 is 29.8 Å². The fourth-order valence-corrected chi connectivity index (χ4v) is 2.97. The number of nitrogens with one attached hydrogen (secondary N) is 2. The van der Waals surface area contributed by atoms with Crippen molar-refractivity contribution in [3.63, 3.8) is 0 Å². The van der Waals surface area contributed by atoms with Gasteiger partial charge >= 0.3 is 6.03 Å². The molecule has 2 heterocycles. The third-order valence-electron chi connectivity index (χ3n) is 4.45. The molecule has 7 nitrogen and oxygen atoms in total. The Morgan fingerprint density at radius 3 is 2.56 bits per heavy atom. The molecular weight excluding hydrogens is 322 g/mol. The summed E-state index contributed by atoms with van der Waals surface area (Å²) < 4.78 is 0. The fourth-order valence-electron chi connectivity index (χ4n) is 2.97. The Balaban J connectivity index is 1.82. The molecule has 2 saturated heterocycles. The molecule has 2 aliphatic heterocycles. The maximum atomic E-state index is 11.9. The van der Waals surface area contributed by atoms with Crippen molar-refractivity contribution in [2.45, 2.75) is 37.8 Å². The highest BCUT2D eigenvalue weighted by atomic mass is 16.2. The summed E-state index contributed by atoms with van der Waals surface area (Å²) in [7, 11) is 0. The topological polar surface area (TPSA) is 95.6 Å². The molecular formula is C18H17N3O4. The quantitative estimate of drug-likeness (QED) is 0.482. The standard InChI is InChI=1S/C18H17N3O4/c1-2-18(16(24)19-17(25)20-18)10-9-12-3-5-13(6-4-12)21-14(11-22)7-8-15(21)23/h3-6,11,14H,2,7-8H2,1H3,(H2,19,20,24,25)/t14?,18-/m0/s1. The molecule has 2 aliphatic rings. The second-order valence-electron chi connectivity index (χ2n) is 5.97. The van der Waals surface area contributed by atoms with Crippen molar-refractivity contribution in [3.8, 4) is 11.8 Å². The van der Waals surface area contributed by atoms with Gasteiger partial charge in [-0.3, -0.25) is 14.9 Å². The van der Waals surface area contributed by atoms with E-state index < -0.39 is 23.5 Å². The smallest absolute Gasteiger partial charge is 0.313 e. The van der Waals surface area contributed by atoms with Gasteiger partial charge in [-0.05, 0) is 37.1 Å². The third kappa shape index (κ3) is 2.98. The Kier molecular flexibility index (Phi) is 4.28. The van der Waals surface area contributed by atoms with Gasteiger partial charge < -0.3 is 15.0 Å². The first-order chi connectivity index (χ1) is 12.0. The summed E-state index contributed by atoms with van der Waals surface area (Å²) in [6.45, 7) is 1.77. The lowest BCUT2D eigenvalue weighted by Gasteiger charge is -2.20. The van der Waals surface area contributed by atoms with Gasteiger partial charge in [0, 0.05) is 17.7 Å². The number of carbonyl (C=O) groups excluding carboxylic acids is 4. The molecule has 0 aliphatic carbocycles. The minimum absolute atomic E-state index is 0.0776. The molecule has 2 atom stereocenters. The summed E-state index contributed by atoms with van der Waals surface area (Å²) in [5.41, 5.74) is 0.0608. The number of hydrogen-bond acceptors (Lipinski definition) is 4. The van der Waals surface area contributed by atoms with E-state index in [1.54, 1.807) is 31.2 Å². The second kappa shape index (κ2) is 6.40. The highest BCUT2D eigenvalue weighted by Crippen LogP contribution is 2.26. The van der Waals surface area contributed by atoms with Gasteiger partial charge in [0.1, 0.15) is 6.29 Å². The molecule has 0 aromatic heterocycles. The predicted molar refractivity (Wildman–Crippen MR) is 89.6 cm³/mol. The van der Waals surface area contributed by atoms with E-state index in [4.69, 9.17) is 0 Å². The molecule has 0 saturated carbocycles. The van der Waals surface area contributed by atoms with Gasteiger partial charge in [0.25, 0.3) is 5.91 Å². The molecule has 128 valence electrons. The molecule has 2 N–H and O–H groups in total. The number of anilines is 1. The van der Waals surface area contributed by atoms with E-state index in [9.17, 15) is 19.2 Å². The van der Waals surface area contributed by atoms with Crippen molar-refractivity contribution in [1.82, 2.24) is 10.6 Å². The van der Waals surface area contributed by atoms with Gasteiger partial charge in [-0.25, -0.2) is 4.79 Å². The first-order valence-electron chi connectivity index (χ1n) is 8.03. The Labute approximate surface area is 144 Å². The minimum Gasteiger partial charge on any atom is -0.313 e. The average molecular weight is 339 g/mol. The molecule has 4 amide bonds. The lowest BCUT2D eigenvalue weighted by atomic mass is 9.97. The number of urea groups is 1. The predicted octanol–water partition coefficient (Wildman–Crippen LogP) is 0.721. The van der Waals surface area contributed by atoms with Crippen molar-refractivity contribution in [1.29, 1.82) is 0 Å². The summed E-state index contributed by atoms with van der Waals surface area (Å²) in [6, 6.07) is 5.89. The van der Waals surface area contributed by atoms with Gasteiger partial charge in [0.05, 0.1) is 6.04 Å². The van der Waals surface area contributed by atoms with Crippen LogP contribution >= 0.6 is 0 Å². The number of amides is 4. The van der Waals surface area contributed by atoms with Crippen LogP contribution in [0.2, 0.25) is 0 Å². The fraction of sp³-hybridized carbons (Fsp3) is 0.333. The van der Waals surface area contributed by atoms with E-state index in [0.717, 1.165) is 6.29 Å². The van der Waals surface area contributed by atoms with Gasteiger partial charge in [-0.15, -0.1) is 0 Å². The Hall–Kier alpha value is -3.14. The highest BCUT2D eigenvalue weighted by Gasteiger charge is 2.43. The second-order valence-corrected chi connectivity index (χ2v) is 5.97. The normalized spacial score (nSPS) is 25.2. The van der Waals surface area contributed by atoms with E-state index in [1.165, 1.54) is 4.90 Å². The number of imide groups is 1. The summed E-state index contributed by atoms with van der Waals surface area (Å²) in [5.74, 6) is 5.18. The van der Waals surface area contributed by atoms with Crippen LogP contribution in [-0.2, 0) is 14.4 Å². The van der Waals surface area contributed by atoms with Crippen molar-refractivity contribution < 1.29 is 19.2 Å². The molecule has 0 radical (unpaired) electrons. The molecule has 7 heteroatoms. The zero-order chi connectivity index (χ0) is 18.0. The van der Waals surface area contributed by atoms with E-state index in [-0.39, 0.29) is 5.91 Å². The maximum absolute atomic E-state index is 11.9. The monoisotopic (exact) mass is 339 g/mol. The third-order valence-corrected chi connectivity index (χ3v) is 4.45. The van der Waals surface area contributed by atoms with Crippen LogP contribution in [0.4, 0.5) is 10.5 Å². The molecule has 1 aromatic rings. The van der Waals surface area contributed by atoms with Crippen LogP contribution < -0.4 is 15.5 Å². The minimum atomic E-state index is -1.22. The lowest BCUT2D eigenvalue weighted by molar-refractivity contribution is -0.122. The van der Waals surface area contributed by atoms with E-state index in [0.29, 0.717) is 30.5 Å². The van der Waals surface area contributed by atoms with Crippen molar-refractivity contribution in [3.05, 3.63) is 29.8 Å². The molecule has 1 aromatic carbocycles. The molecule has 25 heavy (non-hydrogen) atoms. The number of nitrogens with zero attached hydrogens (tertiary/aromatic N) is 1. The van der Waals surface area contributed by atoms with E-state index in [2.05, 4.69) is 22.5 Å². The number of carbonyl (C=O) groups is 4. The summed E-state index contributed by atoms with van der Waals surface area (Å²) in [4.78, 5) is 47.8. The molecule has 1 unspecified atom stereocenters. The van der Waals surface area contributed by atoms with Gasteiger partial charge in [-0.2, -0.15) is 0 Å². The first-order valence-corrected chi connectivity index (χ1v) is 8.03. The lowest BCUT2D eigenvalue weighted by Crippen LogP contribution is -2.44. The highest BCUT2D eigenvalue weighted by molar-refractivity contribution is 6.09. The zero-order valence-corrected chi connectivity index (χ0v) is 13.7. The molecule has 3 rings (SSSR count). The molecule has 2 fully saturated rings. The maximum Gasteiger partial charge on any atom is 0.323 e. The van der Waals surface area contributed by atoms with Crippen molar-refractivity contribution in [2.75, 3.05) is 4.90 Å². The summed E-state index contributed by atoms with van der Waals surface area (Å²) >= 11 is 0. The SMILES string of the molecule is CC[C@@]1(C#Cc2ccc(N3C(=O)CCC3C=O)cc2)NC(=O)NC1=O. The Morgan fingerprint density at radius 1 is 1.28 bits per heavy atom.